The van der Waals surface area contributed by atoms with Crippen LogP contribution in [0.15, 0.2) is 18.2 Å². The summed E-state index contributed by atoms with van der Waals surface area (Å²) in [6.45, 7) is 1.95. The molecule has 0 aromatic heterocycles. The molecule has 1 saturated heterocycles. The van der Waals surface area contributed by atoms with Gasteiger partial charge in [-0.3, -0.25) is 0 Å². The predicted octanol–water partition coefficient (Wildman–Crippen LogP) is 2.76. The fraction of sp³-hybridized carbons (Fsp3) is 0.500. The maximum absolute atomic E-state index is 13.0. The van der Waals surface area contributed by atoms with Gasteiger partial charge in [0.15, 0.2) is 0 Å². The minimum Gasteiger partial charge on any atom is -0.388 e. The van der Waals surface area contributed by atoms with E-state index in [-0.39, 0.29) is 5.25 Å². The van der Waals surface area contributed by atoms with Crippen LogP contribution in [0, 0.1) is 11.6 Å². The molecule has 1 N–H and O–H groups in total. The zero-order valence-corrected chi connectivity index (χ0v) is 9.86. The number of benzene rings is 1. The molecule has 1 fully saturated rings. The summed E-state index contributed by atoms with van der Waals surface area (Å²) in [5.74, 6) is -0.274. The molecule has 1 heterocycles. The van der Waals surface area contributed by atoms with Crippen molar-refractivity contribution in [1.82, 2.24) is 0 Å². The molecule has 0 aliphatic carbocycles. The molecule has 1 aliphatic heterocycles. The molecule has 0 spiro atoms. The fourth-order valence-electron chi connectivity index (χ4n) is 2.07. The van der Waals surface area contributed by atoms with E-state index in [2.05, 4.69) is 0 Å². The van der Waals surface area contributed by atoms with E-state index in [1.54, 1.807) is 11.8 Å². The van der Waals surface area contributed by atoms with Gasteiger partial charge in [-0.1, -0.05) is 6.92 Å². The van der Waals surface area contributed by atoms with Gasteiger partial charge in [0.25, 0.3) is 0 Å². The first kappa shape index (κ1) is 11.9. The highest BCUT2D eigenvalue weighted by Gasteiger charge is 2.38. The van der Waals surface area contributed by atoms with Crippen LogP contribution < -0.4 is 0 Å². The third-order valence-corrected chi connectivity index (χ3v) is 4.47. The van der Waals surface area contributed by atoms with Crippen LogP contribution in [0.2, 0.25) is 0 Å². The number of rotatable bonds is 2. The molecule has 1 aromatic rings. The van der Waals surface area contributed by atoms with Gasteiger partial charge in [0.1, 0.15) is 11.6 Å². The molecular formula is C12H14F2OS. The van der Waals surface area contributed by atoms with E-state index in [0.717, 1.165) is 11.8 Å². The van der Waals surface area contributed by atoms with Crippen LogP contribution >= 0.6 is 11.8 Å². The molecule has 0 radical (unpaired) electrons. The summed E-state index contributed by atoms with van der Waals surface area (Å²) < 4.78 is 26.0. The molecule has 16 heavy (non-hydrogen) atoms. The minimum atomic E-state index is -0.828. The topological polar surface area (TPSA) is 20.2 Å². The second-order valence-electron chi connectivity index (χ2n) is 4.32. The van der Waals surface area contributed by atoms with Gasteiger partial charge in [-0.15, -0.1) is 0 Å². The van der Waals surface area contributed by atoms with Gasteiger partial charge < -0.3 is 5.11 Å². The molecule has 2 unspecified atom stereocenters. The Bertz CT molecular complexity index is 376. The molecule has 88 valence electrons. The first-order chi connectivity index (χ1) is 7.49. The Morgan fingerprint density at radius 2 is 2.00 bits per heavy atom. The van der Waals surface area contributed by atoms with Gasteiger partial charge in [0, 0.05) is 17.7 Å². The van der Waals surface area contributed by atoms with E-state index in [1.165, 1.54) is 12.1 Å². The first-order valence-corrected chi connectivity index (χ1v) is 6.33. The fourth-order valence-corrected chi connectivity index (χ4v) is 3.41. The van der Waals surface area contributed by atoms with Crippen molar-refractivity contribution < 1.29 is 13.9 Å². The zero-order valence-electron chi connectivity index (χ0n) is 9.04. The van der Waals surface area contributed by atoms with Crippen molar-refractivity contribution in [2.75, 3.05) is 5.75 Å². The van der Waals surface area contributed by atoms with Crippen LogP contribution in [-0.2, 0) is 6.42 Å². The molecular weight excluding hydrogens is 230 g/mol. The van der Waals surface area contributed by atoms with Crippen molar-refractivity contribution in [2.45, 2.75) is 30.6 Å². The summed E-state index contributed by atoms with van der Waals surface area (Å²) >= 11 is 1.69. The van der Waals surface area contributed by atoms with E-state index in [0.29, 0.717) is 18.4 Å². The quantitative estimate of drug-likeness (QED) is 0.863. The monoisotopic (exact) mass is 244 g/mol. The van der Waals surface area contributed by atoms with Crippen molar-refractivity contribution in [3.63, 3.8) is 0 Å². The first-order valence-electron chi connectivity index (χ1n) is 5.28. The average Bonchev–Trinajstić information content (AvgIpc) is 2.44. The van der Waals surface area contributed by atoms with Crippen LogP contribution in [0.4, 0.5) is 8.78 Å². The molecule has 1 aromatic carbocycles. The second kappa shape index (κ2) is 4.34. The molecule has 0 bridgehead atoms. The highest BCUT2D eigenvalue weighted by molar-refractivity contribution is 8.00. The van der Waals surface area contributed by atoms with E-state index in [1.807, 2.05) is 6.92 Å². The Hall–Kier alpha value is -0.610. The van der Waals surface area contributed by atoms with Gasteiger partial charge in [0.2, 0.25) is 0 Å². The van der Waals surface area contributed by atoms with Crippen LogP contribution in [0.25, 0.3) is 0 Å². The Balaban J connectivity index is 2.20. The van der Waals surface area contributed by atoms with E-state index < -0.39 is 17.2 Å². The van der Waals surface area contributed by atoms with Crippen LogP contribution in [0.3, 0.4) is 0 Å². The third kappa shape index (κ3) is 2.38. The largest absolute Gasteiger partial charge is 0.388 e. The molecule has 0 amide bonds. The smallest absolute Gasteiger partial charge is 0.126 e. The summed E-state index contributed by atoms with van der Waals surface area (Å²) in [6.07, 6.45) is 0.993. The Kier molecular flexibility index (Phi) is 3.22. The Labute approximate surface area is 97.9 Å². The lowest BCUT2D eigenvalue weighted by Gasteiger charge is -2.26. The lowest BCUT2D eigenvalue weighted by Crippen LogP contribution is -2.37. The number of thioether (sulfide) groups is 1. The summed E-state index contributed by atoms with van der Waals surface area (Å²) in [7, 11) is 0. The Morgan fingerprint density at radius 1 is 1.38 bits per heavy atom. The number of halogens is 2. The lowest BCUT2D eigenvalue weighted by atomic mass is 9.89. The van der Waals surface area contributed by atoms with Crippen molar-refractivity contribution in [3.05, 3.63) is 35.4 Å². The van der Waals surface area contributed by atoms with E-state index in [4.69, 9.17) is 0 Å². The molecule has 2 rings (SSSR count). The molecule has 1 aliphatic rings. The van der Waals surface area contributed by atoms with Gasteiger partial charge in [-0.2, -0.15) is 11.8 Å². The molecule has 0 saturated carbocycles. The maximum atomic E-state index is 13.0. The van der Waals surface area contributed by atoms with Gasteiger partial charge in [-0.05, 0) is 29.9 Å². The standard InChI is InChI=1S/C12H14F2OS/c1-8-12(15,2-3-16-8)7-9-4-10(13)6-11(14)5-9/h4-6,8,15H,2-3,7H2,1H3. The molecule has 4 heteroatoms. The number of aliphatic hydroxyl groups is 1. The summed E-state index contributed by atoms with van der Waals surface area (Å²) in [5.41, 5.74) is -0.306. The van der Waals surface area contributed by atoms with Crippen molar-refractivity contribution in [2.24, 2.45) is 0 Å². The normalized spacial score (nSPS) is 29.6. The van der Waals surface area contributed by atoms with Crippen LogP contribution in [0.1, 0.15) is 18.9 Å². The van der Waals surface area contributed by atoms with Gasteiger partial charge in [0.05, 0.1) is 5.60 Å². The van der Waals surface area contributed by atoms with Crippen molar-refractivity contribution >= 4 is 11.8 Å². The predicted molar refractivity (Wildman–Crippen MR) is 61.5 cm³/mol. The molecule has 2 atom stereocenters. The average molecular weight is 244 g/mol. The summed E-state index contributed by atoms with van der Waals surface area (Å²) in [4.78, 5) is 0. The maximum Gasteiger partial charge on any atom is 0.126 e. The number of hydrogen-bond acceptors (Lipinski definition) is 2. The lowest BCUT2D eigenvalue weighted by molar-refractivity contribution is 0.0463. The zero-order chi connectivity index (χ0) is 11.8. The van der Waals surface area contributed by atoms with Crippen LogP contribution in [-0.4, -0.2) is 21.7 Å². The summed E-state index contributed by atoms with van der Waals surface area (Å²) in [6, 6.07) is 3.42. The van der Waals surface area contributed by atoms with E-state index in [9.17, 15) is 13.9 Å². The molecule has 1 nitrogen and oxygen atoms in total. The third-order valence-electron chi connectivity index (χ3n) is 3.09. The van der Waals surface area contributed by atoms with Crippen LogP contribution in [0.5, 0.6) is 0 Å². The highest BCUT2D eigenvalue weighted by Crippen LogP contribution is 2.37. The Morgan fingerprint density at radius 3 is 2.50 bits per heavy atom. The number of hydrogen-bond donors (Lipinski definition) is 1. The SMILES string of the molecule is CC1SCCC1(O)Cc1cc(F)cc(F)c1. The summed E-state index contributed by atoms with van der Waals surface area (Å²) in [5, 5.41) is 10.4. The van der Waals surface area contributed by atoms with E-state index >= 15 is 0 Å². The van der Waals surface area contributed by atoms with Crippen molar-refractivity contribution in [1.29, 1.82) is 0 Å². The minimum absolute atomic E-state index is 0.110. The van der Waals surface area contributed by atoms with Crippen molar-refractivity contribution in [3.8, 4) is 0 Å². The van der Waals surface area contributed by atoms with Gasteiger partial charge in [-0.25, -0.2) is 8.78 Å². The highest BCUT2D eigenvalue weighted by atomic mass is 32.2. The second-order valence-corrected chi connectivity index (χ2v) is 5.77. The van der Waals surface area contributed by atoms with Gasteiger partial charge >= 0.3 is 0 Å².